The predicted molar refractivity (Wildman–Crippen MR) is 80.6 cm³/mol. The maximum atomic E-state index is 12.3. The van der Waals surface area contributed by atoms with Crippen molar-refractivity contribution in [3.05, 3.63) is 34.3 Å². The van der Waals surface area contributed by atoms with E-state index in [1.54, 1.807) is 4.90 Å². The van der Waals surface area contributed by atoms with Crippen molar-refractivity contribution in [2.45, 2.75) is 44.2 Å². The quantitative estimate of drug-likeness (QED) is 0.925. The highest BCUT2D eigenvalue weighted by Gasteiger charge is 2.32. The summed E-state index contributed by atoms with van der Waals surface area (Å²) in [5.41, 5.74) is 7.12. The van der Waals surface area contributed by atoms with Crippen molar-refractivity contribution in [2.75, 3.05) is 7.05 Å². The first-order chi connectivity index (χ1) is 9.00. The zero-order chi connectivity index (χ0) is 13.9. The fraction of sp³-hybridized carbons (Fsp3) is 0.533. The summed E-state index contributed by atoms with van der Waals surface area (Å²) in [5, 5.41) is 0. The largest absolute Gasteiger partial charge is 0.341 e. The van der Waals surface area contributed by atoms with Crippen LogP contribution in [0.5, 0.6) is 0 Å². The van der Waals surface area contributed by atoms with Crippen molar-refractivity contribution in [3.8, 4) is 0 Å². The lowest BCUT2D eigenvalue weighted by atomic mass is 9.94. The minimum Gasteiger partial charge on any atom is -0.341 e. The molecule has 1 aliphatic carbocycles. The smallest absolute Gasteiger partial charge is 0.224 e. The number of halogens is 1. The summed E-state index contributed by atoms with van der Waals surface area (Å²) in [7, 11) is 1.85. The summed E-state index contributed by atoms with van der Waals surface area (Å²) >= 11 is 3.51. The number of nitrogens with zero attached hydrogens (tertiary/aromatic N) is 1. The SMILES string of the molecule is CN(Cc1ccccc1Br)C(=O)CC1(N)CCCC1. The van der Waals surface area contributed by atoms with Crippen molar-refractivity contribution in [1.82, 2.24) is 4.90 Å². The zero-order valence-electron chi connectivity index (χ0n) is 11.4. The molecule has 1 saturated carbocycles. The summed E-state index contributed by atoms with van der Waals surface area (Å²) < 4.78 is 1.04. The number of hydrogen-bond acceptors (Lipinski definition) is 2. The Morgan fingerprint density at radius 3 is 2.63 bits per heavy atom. The molecule has 0 aliphatic heterocycles. The van der Waals surface area contributed by atoms with Crippen LogP contribution < -0.4 is 5.73 Å². The van der Waals surface area contributed by atoms with E-state index >= 15 is 0 Å². The van der Waals surface area contributed by atoms with Crippen molar-refractivity contribution in [1.29, 1.82) is 0 Å². The van der Waals surface area contributed by atoms with Gasteiger partial charge in [0, 0.05) is 30.0 Å². The minimum atomic E-state index is -0.265. The first kappa shape index (κ1) is 14.5. The fourth-order valence-electron chi connectivity index (χ4n) is 2.66. The van der Waals surface area contributed by atoms with Gasteiger partial charge < -0.3 is 10.6 Å². The van der Waals surface area contributed by atoms with E-state index in [1.165, 1.54) is 0 Å². The lowest BCUT2D eigenvalue weighted by Crippen LogP contribution is -2.42. The van der Waals surface area contributed by atoms with Crippen LogP contribution in [0.25, 0.3) is 0 Å². The van der Waals surface area contributed by atoms with Gasteiger partial charge in [-0.1, -0.05) is 47.0 Å². The molecule has 0 atom stereocenters. The van der Waals surface area contributed by atoms with Gasteiger partial charge in [-0.15, -0.1) is 0 Å². The molecule has 0 unspecified atom stereocenters. The first-order valence-electron chi connectivity index (χ1n) is 6.76. The maximum Gasteiger partial charge on any atom is 0.224 e. The molecule has 3 nitrogen and oxygen atoms in total. The minimum absolute atomic E-state index is 0.139. The van der Waals surface area contributed by atoms with Crippen LogP contribution in [0.15, 0.2) is 28.7 Å². The Hall–Kier alpha value is -0.870. The standard InChI is InChI=1S/C15H21BrN2O/c1-18(11-12-6-2-3-7-13(12)16)14(19)10-15(17)8-4-5-9-15/h2-3,6-7H,4-5,8-11,17H2,1H3. The van der Waals surface area contributed by atoms with Crippen LogP contribution in [0.3, 0.4) is 0 Å². The fourth-order valence-corrected chi connectivity index (χ4v) is 3.07. The van der Waals surface area contributed by atoms with E-state index in [0.29, 0.717) is 13.0 Å². The van der Waals surface area contributed by atoms with E-state index in [1.807, 2.05) is 31.3 Å². The third kappa shape index (κ3) is 3.80. The highest BCUT2D eigenvalue weighted by molar-refractivity contribution is 9.10. The second-order valence-electron chi connectivity index (χ2n) is 5.59. The lowest BCUT2D eigenvalue weighted by molar-refractivity contribution is -0.131. The van der Waals surface area contributed by atoms with Gasteiger partial charge in [-0.3, -0.25) is 4.79 Å². The second kappa shape index (κ2) is 6.06. The predicted octanol–water partition coefficient (Wildman–Crippen LogP) is 3.07. The Morgan fingerprint density at radius 1 is 1.37 bits per heavy atom. The molecule has 0 radical (unpaired) electrons. The second-order valence-corrected chi connectivity index (χ2v) is 6.44. The molecule has 1 fully saturated rings. The van der Waals surface area contributed by atoms with Crippen LogP contribution in [0.4, 0.5) is 0 Å². The molecule has 2 rings (SSSR count). The van der Waals surface area contributed by atoms with Crippen LogP contribution in [-0.4, -0.2) is 23.4 Å². The summed E-state index contributed by atoms with van der Waals surface area (Å²) in [6.07, 6.45) is 4.71. The number of benzene rings is 1. The summed E-state index contributed by atoms with van der Waals surface area (Å²) in [6, 6.07) is 7.99. The molecule has 19 heavy (non-hydrogen) atoms. The summed E-state index contributed by atoms with van der Waals surface area (Å²) in [6.45, 7) is 0.621. The summed E-state index contributed by atoms with van der Waals surface area (Å²) in [5.74, 6) is 0.139. The van der Waals surface area contributed by atoms with Gasteiger partial charge in [0.1, 0.15) is 0 Å². The molecule has 0 aromatic heterocycles. The van der Waals surface area contributed by atoms with E-state index in [-0.39, 0.29) is 11.4 Å². The molecule has 1 amide bonds. The molecule has 0 saturated heterocycles. The van der Waals surface area contributed by atoms with Gasteiger partial charge in [-0.05, 0) is 24.5 Å². The van der Waals surface area contributed by atoms with Crippen molar-refractivity contribution >= 4 is 21.8 Å². The number of hydrogen-bond donors (Lipinski definition) is 1. The van der Waals surface area contributed by atoms with Crippen LogP contribution in [0.1, 0.15) is 37.7 Å². The monoisotopic (exact) mass is 324 g/mol. The van der Waals surface area contributed by atoms with Crippen molar-refractivity contribution in [3.63, 3.8) is 0 Å². The molecule has 1 aromatic rings. The van der Waals surface area contributed by atoms with E-state index < -0.39 is 0 Å². The van der Waals surface area contributed by atoms with Crippen LogP contribution in [-0.2, 0) is 11.3 Å². The van der Waals surface area contributed by atoms with Crippen LogP contribution >= 0.6 is 15.9 Å². The normalized spacial score (nSPS) is 17.4. The van der Waals surface area contributed by atoms with Crippen molar-refractivity contribution in [2.24, 2.45) is 5.73 Å². The molecular formula is C15H21BrN2O. The lowest BCUT2D eigenvalue weighted by Gasteiger charge is -2.26. The highest BCUT2D eigenvalue weighted by Crippen LogP contribution is 2.30. The Balaban J connectivity index is 1.94. The van der Waals surface area contributed by atoms with Gasteiger partial charge in [0.15, 0.2) is 0 Å². The van der Waals surface area contributed by atoms with Gasteiger partial charge >= 0.3 is 0 Å². The molecule has 1 aromatic carbocycles. The highest BCUT2D eigenvalue weighted by atomic mass is 79.9. The van der Waals surface area contributed by atoms with Crippen LogP contribution in [0.2, 0.25) is 0 Å². The third-order valence-electron chi connectivity index (χ3n) is 3.89. The number of carbonyl (C=O) groups is 1. The zero-order valence-corrected chi connectivity index (χ0v) is 12.9. The Kier molecular flexibility index (Phi) is 4.63. The van der Waals surface area contributed by atoms with E-state index in [2.05, 4.69) is 15.9 Å². The van der Waals surface area contributed by atoms with Gasteiger partial charge in [-0.2, -0.15) is 0 Å². The average Bonchev–Trinajstić information content (AvgIpc) is 2.78. The van der Waals surface area contributed by atoms with E-state index in [4.69, 9.17) is 5.73 Å². The summed E-state index contributed by atoms with van der Waals surface area (Å²) in [4.78, 5) is 14.0. The molecular weight excluding hydrogens is 304 g/mol. The third-order valence-corrected chi connectivity index (χ3v) is 4.67. The van der Waals surface area contributed by atoms with Gasteiger partial charge in [-0.25, -0.2) is 0 Å². The van der Waals surface area contributed by atoms with Gasteiger partial charge in [0.25, 0.3) is 0 Å². The van der Waals surface area contributed by atoms with E-state index in [0.717, 1.165) is 35.7 Å². The number of carbonyl (C=O) groups excluding carboxylic acids is 1. The molecule has 0 heterocycles. The van der Waals surface area contributed by atoms with Crippen LogP contribution in [0, 0.1) is 0 Å². The Morgan fingerprint density at radius 2 is 2.00 bits per heavy atom. The number of rotatable bonds is 4. The average molecular weight is 325 g/mol. The topological polar surface area (TPSA) is 46.3 Å². The maximum absolute atomic E-state index is 12.3. The molecule has 104 valence electrons. The molecule has 0 spiro atoms. The molecule has 2 N–H and O–H groups in total. The number of nitrogens with two attached hydrogens (primary N) is 1. The van der Waals surface area contributed by atoms with Gasteiger partial charge in [0.2, 0.25) is 5.91 Å². The van der Waals surface area contributed by atoms with Crippen molar-refractivity contribution < 1.29 is 4.79 Å². The molecule has 0 bridgehead atoms. The van der Waals surface area contributed by atoms with Gasteiger partial charge in [0.05, 0.1) is 0 Å². The molecule has 1 aliphatic rings. The number of amides is 1. The Labute approximate surface area is 123 Å². The first-order valence-corrected chi connectivity index (χ1v) is 7.56. The molecule has 4 heteroatoms. The van der Waals surface area contributed by atoms with E-state index in [9.17, 15) is 4.79 Å². The Bertz CT molecular complexity index is 455.